The lowest BCUT2D eigenvalue weighted by molar-refractivity contribution is -0.384. The quantitative estimate of drug-likeness (QED) is 0.630. The minimum atomic E-state index is -0.340. The summed E-state index contributed by atoms with van der Waals surface area (Å²) >= 11 is 0. The third-order valence-electron chi connectivity index (χ3n) is 4.20. The topological polar surface area (TPSA) is 55.2 Å². The molecule has 1 aliphatic carbocycles. The van der Waals surface area contributed by atoms with Crippen molar-refractivity contribution in [2.75, 3.05) is 6.54 Å². The highest BCUT2D eigenvalue weighted by atomic mass is 16.6. The Kier molecular flexibility index (Phi) is 4.53. The van der Waals surface area contributed by atoms with Crippen LogP contribution in [0.15, 0.2) is 24.3 Å². The number of rotatable bonds is 6. The highest BCUT2D eigenvalue weighted by Crippen LogP contribution is 2.44. The molecule has 4 heteroatoms. The first-order valence-corrected chi connectivity index (χ1v) is 7.15. The van der Waals surface area contributed by atoms with E-state index in [1.807, 2.05) is 12.1 Å². The minimum absolute atomic E-state index is 0.178. The van der Waals surface area contributed by atoms with E-state index in [-0.39, 0.29) is 10.6 Å². The molecule has 0 bridgehead atoms. The molecule has 1 aliphatic rings. The highest BCUT2D eigenvalue weighted by molar-refractivity contribution is 5.36. The van der Waals surface area contributed by atoms with Crippen molar-refractivity contribution in [2.24, 2.45) is 5.92 Å². The van der Waals surface area contributed by atoms with Gasteiger partial charge in [-0.1, -0.05) is 32.4 Å². The van der Waals surface area contributed by atoms with E-state index in [2.05, 4.69) is 19.2 Å². The largest absolute Gasteiger partial charge is 0.314 e. The second kappa shape index (κ2) is 6.15. The lowest BCUT2D eigenvalue weighted by atomic mass is 9.65. The van der Waals surface area contributed by atoms with Crippen molar-refractivity contribution in [3.05, 3.63) is 39.9 Å². The van der Waals surface area contributed by atoms with E-state index in [0.717, 1.165) is 25.8 Å². The molecule has 0 radical (unpaired) electrons. The number of nitro groups is 1. The van der Waals surface area contributed by atoms with Crippen LogP contribution in [0.4, 0.5) is 5.69 Å². The van der Waals surface area contributed by atoms with Crippen LogP contribution in [0.5, 0.6) is 0 Å². The van der Waals surface area contributed by atoms with Gasteiger partial charge in [0.25, 0.3) is 5.69 Å². The SMILES string of the molecule is CCCNC1CC(c2ccc([N+](=O)[O-])cc2)C1CC. The van der Waals surface area contributed by atoms with Gasteiger partial charge in [0.2, 0.25) is 0 Å². The summed E-state index contributed by atoms with van der Waals surface area (Å²) in [4.78, 5) is 10.3. The van der Waals surface area contributed by atoms with Crippen LogP contribution in [-0.2, 0) is 0 Å². The molecular formula is C15H22N2O2. The lowest BCUT2D eigenvalue weighted by Crippen LogP contribution is -2.49. The van der Waals surface area contributed by atoms with Gasteiger partial charge in [-0.15, -0.1) is 0 Å². The van der Waals surface area contributed by atoms with Gasteiger partial charge >= 0.3 is 0 Å². The predicted octanol–water partition coefficient (Wildman–Crippen LogP) is 3.48. The molecule has 1 aromatic carbocycles. The molecule has 1 aromatic rings. The second-order valence-electron chi connectivity index (χ2n) is 5.32. The van der Waals surface area contributed by atoms with Crippen LogP contribution in [0.3, 0.4) is 0 Å². The molecule has 1 N–H and O–H groups in total. The van der Waals surface area contributed by atoms with E-state index >= 15 is 0 Å². The Morgan fingerprint density at radius 1 is 1.32 bits per heavy atom. The monoisotopic (exact) mass is 262 g/mol. The van der Waals surface area contributed by atoms with E-state index in [1.165, 1.54) is 5.56 Å². The van der Waals surface area contributed by atoms with E-state index in [4.69, 9.17) is 0 Å². The lowest BCUT2D eigenvalue weighted by Gasteiger charge is -2.45. The Bertz CT molecular complexity index is 430. The van der Waals surface area contributed by atoms with Crippen LogP contribution >= 0.6 is 0 Å². The Morgan fingerprint density at radius 2 is 2.00 bits per heavy atom. The molecule has 19 heavy (non-hydrogen) atoms. The second-order valence-corrected chi connectivity index (χ2v) is 5.32. The first-order chi connectivity index (χ1) is 9.17. The summed E-state index contributed by atoms with van der Waals surface area (Å²) in [5.74, 6) is 1.22. The first kappa shape index (κ1) is 14.0. The average Bonchev–Trinajstić information content (AvgIpc) is 2.38. The molecule has 4 nitrogen and oxygen atoms in total. The third kappa shape index (κ3) is 2.95. The van der Waals surface area contributed by atoms with Crippen LogP contribution in [0.2, 0.25) is 0 Å². The fourth-order valence-corrected chi connectivity index (χ4v) is 3.07. The van der Waals surface area contributed by atoms with Crippen LogP contribution in [0.25, 0.3) is 0 Å². The molecule has 3 atom stereocenters. The third-order valence-corrected chi connectivity index (χ3v) is 4.20. The van der Waals surface area contributed by atoms with Crippen molar-refractivity contribution in [3.63, 3.8) is 0 Å². The number of hydrogen-bond acceptors (Lipinski definition) is 3. The Morgan fingerprint density at radius 3 is 2.53 bits per heavy atom. The van der Waals surface area contributed by atoms with Gasteiger partial charge in [-0.2, -0.15) is 0 Å². The summed E-state index contributed by atoms with van der Waals surface area (Å²) in [7, 11) is 0. The van der Waals surface area contributed by atoms with Crippen LogP contribution < -0.4 is 5.32 Å². The minimum Gasteiger partial charge on any atom is -0.314 e. The number of nitrogens with zero attached hydrogens (tertiary/aromatic N) is 1. The molecule has 0 aromatic heterocycles. The summed E-state index contributed by atoms with van der Waals surface area (Å²) in [5.41, 5.74) is 1.42. The zero-order valence-electron chi connectivity index (χ0n) is 11.6. The first-order valence-electron chi connectivity index (χ1n) is 7.15. The molecule has 3 unspecified atom stereocenters. The predicted molar refractivity (Wildman–Crippen MR) is 76.3 cm³/mol. The maximum atomic E-state index is 10.7. The summed E-state index contributed by atoms with van der Waals surface area (Å²) in [5, 5.41) is 14.2. The van der Waals surface area contributed by atoms with Gasteiger partial charge in [0.1, 0.15) is 0 Å². The molecule has 1 fully saturated rings. The van der Waals surface area contributed by atoms with Crippen LogP contribution in [0, 0.1) is 16.0 Å². The standard InChI is InChI=1S/C15H22N2O2/c1-3-9-16-15-10-14(13(15)4-2)11-5-7-12(8-6-11)17(18)19/h5-8,13-16H,3-4,9-10H2,1-2H3. The number of nitro benzene ring substituents is 1. The molecule has 0 aliphatic heterocycles. The number of non-ortho nitro benzene ring substituents is 1. The van der Waals surface area contributed by atoms with E-state index in [1.54, 1.807) is 12.1 Å². The van der Waals surface area contributed by atoms with Gasteiger partial charge < -0.3 is 5.32 Å². The number of nitrogens with one attached hydrogen (secondary N) is 1. The van der Waals surface area contributed by atoms with Gasteiger partial charge in [0.05, 0.1) is 4.92 Å². The number of hydrogen-bond donors (Lipinski definition) is 1. The molecule has 104 valence electrons. The molecular weight excluding hydrogens is 240 g/mol. The highest BCUT2D eigenvalue weighted by Gasteiger charge is 2.39. The van der Waals surface area contributed by atoms with E-state index in [9.17, 15) is 10.1 Å². The smallest absolute Gasteiger partial charge is 0.269 e. The molecule has 2 rings (SSSR count). The maximum Gasteiger partial charge on any atom is 0.269 e. The van der Waals surface area contributed by atoms with Crippen molar-refractivity contribution >= 4 is 5.69 Å². The Hall–Kier alpha value is -1.42. The van der Waals surface area contributed by atoms with Crippen molar-refractivity contribution in [2.45, 2.75) is 45.1 Å². The number of benzene rings is 1. The summed E-state index contributed by atoms with van der Waals surface area (Å²) < 4.78 is 0. The van der Waals surface area contributed by atoms with Crippen molar-refractivity contribution in [1.29, 1.82) is 0 Å². The van der Waals surface area contributed by atoms with Crippen molar-refractivity contribution in [1.82, 2.24) is 5.32 Å². The van der Waals surface area contributed by atoms with Crippen molar-refractivity contribution in [3.8, 4) is 0 Å². The summed E-state index contributed by atoms with van der Waals surface area (Å²) in [6.45, 7) is 5.48. The van der Waals surface area contributed by atoms with Gasteiger partial charge in [-0.3, -0.25) is 10.1 Å². The van der Waals surface area contributed by atoms with Gasteiger partial charge in [-0.25, -0.2) is 0 Å². The normalized spacial score (nSPS) is 25.9. The van der Waals surface area contributed by atoms with Crippen LogP contribution in [0.1, 0.15) is 44.6 Å². The van der Waals surface area contributed by atoms with Gasteiger partial charge in [0.15, 0.2) is 0 Å². The zero-order chi connectivity index (χ0) is 13.8. The summed E-state index contributed by atoms with van der Waals surface area (Å²) in [6.07, 6.45) is 3.47. The molecule has 0 saturated heterocycles. The maximum absolute atomic E-state index is 10.7. The fourth-order valence-electron chi connectivity index (χ4n) is 3.07. The zero-order valence-corrected chi connectivity index (χ0v) is 11.6. The molecule has 0 spiro atoms. The average molecular weight is 262 g/mol. The van der Waals surface area contributed by atoms with Gasteiger partial charge in [0, 0.05) is 18.2 Å². The van der Waals surface area contributed by atoms with E-state index < -0.39 is 0 Å². The summed E-state index contributed by atoms with van der Waals surface area (Å²) in [6, 6.07) is 7.69. The van der Waals surface area contributed by atoms with Crippen molar-refractivity contribution < 1.29 is 4.92 Å². The Balaban J connectivity index is 2.01. The molecule has 0 amide bonds. The molecule has 0 heterocycles. The Labute approximate surface area is 114 Å². The molecule has 1 saturated carbocycles. The van der Waals surface area contributed by atoms with E-state index in [0.29, 0.717) is 17.9 Å². The van der Waals surface area contributed by atoms with Gasteiger partial charge in [-0.05, 0) is 36.8 Å². The fraction of sp³-hybridized carbons (Fsp3) is 0.600. The van der Waals surface area contributed by atoms with Crippen LogP contribution in [-0.4, -0.2) is 17.5 Å².